The van der Waals surface area contributed by atoms with Crippen LogP contribution in [0.25, 0.3) is 0 Å². The van der Waals surface area contributed by atoms with E-state index in [1.807, 2.05) is 0 Å². The molecule has 0 spiro atoms. The molecule has 0 heterocycles. The van der Waals surface area contributed by atoms with Crippen molar-refractivity contribution in [3.8, 4) is 0 Å². The largest absolute Gasteiger partial charge is 0.396 e. The van der Waals surface area contributed by atoms with E-state index in [-0.39, 0.29) is 0 Å². The zero-order valence-electron chi connectivity index (χ0n) is 12.9. The van der Waals surface area contributed by atoms with E-state index in [0.29, 0.717) is 24.5 Å². The minimum absolute atomic E-state index is 0.310. The van der Waals surface area contributed by atoms with E-state index in [2.05, 4.69) is 43.4 Å². The Morgan fingerprint density at radius 2 is 1.95 bits per heavy atom. The molecule has 0 fully saturated rings. The molecular weight excluding hydrogens is 246 g/mol. The smallest absolute Gasteiger partial charge is 0.0434 e. The van der Waals surface area contributed by atoms with Crippen LogP contribution in [0.3, 0.4) is 0 Å². The van der Waals surface area contributed by atoms with Crippen LogP contribution in [0.1, 0.15) is 69.0 Å². The molecule has 0 aromatic heterocycles. The fourth-order valence-electron chi connectivity index (χ4n) is 3.46. The first-order valence-corrected chi connectivity index (χ1v) is 8.19. The van der Waals surface area contributed by atoms with Crippen LogP contribution in [0.4, 0.5) is 0 Å². The van der Waals surface area contributed by atoms with Gasteiger partial charge in [-0.2, -0.15) is 0 Å². The Kier molecular flexibility index (Phi) is 6.06. The van der Waals surface area contributed by atoms with E-state index in [1.54, 1.807) is 0 Å². The van der Waals surface area contributed by atoms with Gasteiger partial charge in [-0.1, -0.05) is 44.5 Å². The number of fused-ring (bicyclic) bond motifs is 1. The highest BCUT2D eigenvalue weighted by Gasteiger charge is 2.24. The second-order valence-electron chi connectivity index (χ2n) is 6.24. The Balaban J connectivity index is 1.98. The maximum Gasteiger partial charge on any atom is 0.0434 e. The monoisotopic (exact) mass is 275 g/mol. The lowest BCUT2D eigenvalue weighted by Crippen LogP contribution is -2.31. The third-order valence-electron chi connectivity index (χ3n) is 4.68. The molecule has 1 aromatic carbocycles. The molecule has 0 saturated carbocycles. The molecular formula is C18H29NO. The zero-order chi connectivity index (χ0) is 14.4. The van der Waals surface area contributed by atoms with Gasteiger partial charge in [-0.3, -0.25) is 0 Å². The van der Waals surface area contributed by atoms with Gasteiger partial charge in [0, 0.05) is 12.6 Å². The van der Waals surface area contributed by atoms with Crippen LogP contribution in [0.2, 0.25) is 0 Å². The van der Waals surface area contributed by atoms with Crippen LogP contribution >= 0.6 is 0 Å². The van der Waals surface area contributed by atoms with Crippen molar-refractivity contribution in [2.75, 3.05) is 13.2 Å². The van der Waals surface area contributed by atoms with E-state index >= 15 is 0 Å². The van der Waals surface area contributed by atoms with Gasteiger partial charge in [0.05, 0.1) is 0 Å². The fourth-order valence-corrected chi connectivity index (χ4v) is 3.46. The molecule has 0 aliphatic heterocycles. The molecule has 2 nitrogen and oxygen atoms in total. The molecule has 1 aliphatic rings. The van der Waals surface area contributed by atoms with Gasteiger partial charge in [-0.25, -0.2) is 0 Å². The predicted octanol–water partition coefficient (Wildman–Crippen LogP) is 4.01. The summed E-state index contributed by atoms with van der Waals surface area (Å²) < 4.78 is 0. The Morgan fingerprint density at radius 3 is 2.65 bits per heavy atom. The van der Waals surface area contributed by atoms with Gasteiger partial charge in [-0.15, -0.1) is 0 Å². The zero-order valence-corrected chi connectivity index (χ0v) is 12.9. The van der Waals surface area contributed by atoms with Crippen molar-refractivity contribution in [1.82, 2.24) is 5.32 Å². The van der Waals surface area contributed by atoms with E-state index in [1.165, 1.54) is 36.8 Å². The van der Waals surface area contributed by atoms with Gasteiger partial charge in [0.25, 0.3) is 0 Å². The molecule has 2 rings (SSSR count). The lowest BCUT2D eigenvalue weighted by atomic mass is 9.81. The van der Waals surface area contributed by atoms with E-state index in [0.717, 1.165) is 13.0 Å². The second kappa shape index (κ2) is 7.80. The van der Waals surface area contributed by atoms with Gasteiger partial charge in [0.15, 0.2) is 0 Å². The van der Waals surface area contributed by atoms with Crippen molar-refractivity contribution in [1.29, 1.82) is 0 Å². The highest BCUT2D eigenvalue weighted by Crippen LogP contribution is 2.37. The van der Waals surface area contributed by atoms with Crippen molar-refractivity contribution in [3.63, 3.8) is 0 Å². The van der Waals surface area contributed by atoms with E-state index < -0.39 is 0 Å². The molecule has 2 heteroatoms. The first-order chi connectivity index (χ1) is 9.76. The summed E-state index contributed by atoms with van der Waals surface area (Å²) in [6.45, 7) is 5.90. The third kappa shape index (κ3) is 3.83. The number of nitrogens with one attached hydrogen (secondary N) is 1. The van der Waals surface area contributed by atoms with Crippen molar-refractivity contribution in [2.24, 2.45) is 5.92 Å². The first kappa shape index (κ1) is 15.5. The summed E-state index contributed by atoms with van der Waals surface area (Å²) in [7, 11) is 0. The van der Waals surface area contributed by atoms with Gasteiger partial charge in [0.2, 0.25) is 0 Å². The number of aliphatic hydroxyl groups is 1. The highest BCUT2D eigenvalue weighted by atomic mass is 16.3. The fraction of sp³-hybridized carbons (Fsp3) is 0.667. The topological polar surface area (TPSA) is 32.3 Å². The summed E-state index contributed by atoms with van der Waals surface area (Å²) in [4.78, 5) is 0. The molecule has 112 valence electrons. The Bertz CT molecular complexity index is 398. The first-order valence-electron chi connectivity index (χ1n) is 8.19. The lowest BCUT2D eigenvalue weighted by Gasteiger charge is -2.31. The van der Waals surface area contributed by atoms with Crippen molar-refractivity contribution in [3.05, 3.63) is 35.4 Å². The summed E-state index contributed by atoms with van der Waals surface area (Å²) in [5.41, 5.74) is 3.01. The molecule has 0 radical (unpaired) electrons. The number of rotatable bonds is 7. The Labute approximate surface area is 123 Å². The molecule has 0 bridgehead atoms. The van der Waals surface area contributed by atoms with Gasteiger partial charge in [-0.05, 0) is 55.2 Å². The number of hydrogen-bond acceptors (Lipinski definition) is 2. The molecule has 2 N–H and O–H groups in total. The van der Waals surface area contributed by atoms with Crippen LogP contribution in [-0.2, 0) is 0 Å². The Hall–Kier alpha value is -0.860. The molecule has 0 saturated heterocycles. The lowest BCUT2D eigenvalue weighted by molar-refractivity contribution is 0.243. The molecule has 0 amide bonds. The summed E-state index contributed by atoms with van der Waals surface area (Å²) in [6.07, 6.45) is 5.83. The SMILES string of the molecule is CCCC(CCO)CNC1CCC(C)c2ccccc21. The summed E-state index contributed by atoms with van der Waals surface area (Å²) in [6, 6.07) is 9.38. The van der Waals surface area contributed by atoms with Gasteiger partial charge in [0.1, 0.15) is 0 Å². The van der Waals surface area contributed by atoms with Gasteiger partial charge >= 0.3 is 0 Å². The minimum atomic E-state index is 0.310. The molecule has 3 unspecified atom stereocenters. The maximum absolute atomic E-state index is 9.16. The quantitative estimate of drug-likeness (QED) is 0.788. The average Bonchev–Trinajstić information content (AvgIpc) is 2.47. The molecule has 1 aliphatic carbocycles. The number of aliphatic hydroxyl groups excluding tert-OH is 1. The minimum Gasteiger partial charge on any atom is -0.396 e. The highest BCUT2D eigenvalue weighted by molar-refractivity contribution is 5.34. The normalized spacial score (nSPS) is 23.4. The second-order valence-corrected chi connectivity index (χ2v) is 6.24. The summed E-state index contributed by atoms with van der Waals surface area (Å²) in [5, 5.41) is 12.9. The van der Waals surface area contributed by atoms with E-state index in [4.69, 9.17) is 5.11 Å². The average molecular weight is 275 g/mol. The van der Waals surface area contributed by atoms with Crippen molar-refractivity contribution >= 4 is 0 Å². The molecule has 1 aromatic rings. The van der Waals surface area contributed by atoms with Crippen LogP contribution in [0.5, 0.6) is 0 Å². The van der Waals surface area contributed by atoms with Crippen molar-refractivity contribution < 1.29 is 5.11 Å². The standard InChI is InChI=1S/C18H29NO/c1-3-6-15(11-12-20)13-19-18-10-9-14(2)16-7-4-5-8-17(16)18/h4-5,7-8,14-15,18-20H,3,6,9-13H2,1-2H3. The number of hydrogen-bond donors (Lipinski definition) is 2. The summed E-state index contributed by atoms with van der Waals surface area (Å²) >= 11 is 0. The maximum atomic E-state index is 9.16. The van der Waals surface area contributed by atoms with E-state index in [9.17, 15) is 0 Å². The Morgan fingerprint density at radius 1 is 1.20 bits per heavy atom. The van der Waals surface area contributed by atoms with Crippen molar-refractivity contribution in [2.45, 2.75) is 57.9 Å². The molecule has 3 atom stereocenters. The predicted molar refractivity (Wildman–Crippen MR) is 84.9 cm³/mol. The van der Waals surface area contributed by atoms with Gasteiger partial charge < -0.3 is 10.4 Å². The molecule has 20 heavy (non-hydrogen) atoms. The third-order valence-corrected chi connectivity index (χ3v) is 4.68. The van der Waals surface area contributed by atoms with Crippen LogP contribution in [0.15, 0.2) is 24.3 Å². The van der Waals surface area contributed by atoms with Crippen LogP contribution < -0.4 is 5.32 Å². The number of benzene rings is 1. The summed E-state index contributed by atoms with van der Waals surface area (Å²) in [5.74, 6) is 1.30. The van der Waals surface area contributed by atoms with Crippen LogP contribution in [-0.4, -0.2) is 18.3 Å². The van der Waals surface area contributed by atoms with Crippen LogP contribution in [0, 0.1) is 5.92 Å².